The van der Waals surface area contributed by atoms with E-state index in [1.807, 2.05) is 19.2 Å². The van der Waals surface area contributed by atoms with E-state index in [2.05, 4.69) is 20.3 Å². The predicted molar refractivity (Wildman–Crippen MR) is 78.9 cm³/mol. The maximum absolute atomic E-state index is 6.17. The van der Waals surface area contributed by atoms with Crippen LogP contribution in [-0.4, -0.2) is 22.0 Å². The van der Waals surface area contributed by atoms with Crippen LogP contribution >= 0.6 is 23.2 Å². The van der Waals surface area contributed by atoms with Gasteiger partial charge in [-0.15, -0.1) is 0 Å². The molecule has 0 fully saturated rings. The highest BCUT2D eigenvalue weighted by Gasteiger charge is 2.13. The topological polar surface area (TPSA) is 53.6 Å². The molecule has 0 atom stereocenters. The lowest BCUT2D eigenvalue weighted by molar-refractivity contribution is 1.28. The number of rotatable bonds is 2. The third kappa shape index (κ3) is 2.13. The summed E-state index contributed by atoms with van der Waals surface area (Å²) in [6.45, 7) is 0. The smallest absolute Gasteiger partial charge is 0.180 e. The Morgan fingerprint density at radius 1 is 1.05 bits per heavy atom. The third-order valence-corrected chi connectivity index (χ3v) is 3.43. The fraction of sp³-hybridized carbons (Fsp3) is 0.0769. The van der Waals surface area contributed by atoms with Crippen molar-refractivity contribution >= 4 is 40.2 Å². The van der Waals surface area contributed by atoms with E-state index in [9.17, 15) is 0 Å². The van der Waals surface area contributed by atoms with Gasteiger partial charge in [0.1, 0.15) is 11.6 Å². The molecular weight excluding hydrogens is 283 g/mol. The van der Waals surface area contributed by atoms with Crippen LogP contribution < -0.4 is 5.32 Å². The molecule has 2 N–H and O–H groups in total. The molecule has 0 amide bonds. The fourth-order valence-corrected chi connectivity index (χ4v) is 2.45. The Balaban J connectivity index is 2.21. The molecule has 0 saturated heterocycles. The number of halogens is 2. The first-order valence-corrected chi connectivity index (χ1v) is 6.43. The third-order valence-electron chi connectivity index (χ3n) is 2.80. The van der Waals surface area contributed by atoms with Crippen molar-refractivity contribution in [3.63, 3.8) is 0 Å². The van der Waals surface area contributed by atoms with E-state index in [4.69, 9.17) is 23.2 Å². The first kappa shape index (κ1) is 12.3. The molecular formula is C13H10Cl2N4. The number of pyridine rings is 1. The van der Waals surface area contributed by atoms with E-state index in [0.29, 0.717) is 27.1 Å². The lowest BCUT2D eigenvalue weighted by Crippen LogP contribution is -1.91. The van der Waals surface area contributed by atoms with Crippen LogP contribution in [0.3, 0.4) is 0 Å². The zero-order valence-electron chi connectivity index (χ0n) is 10.0. The normalized spacial score (nSPS) is 10.9. The van der Waals surface area contributed by atoms with Gasteiger partial charge in [-0.25, -0.2) is 9.97 Å². The Hall–Kier alpha value is -1.78. The quantitative estimate of drug-likeness (QED) is 0.751. The van der Waals surface area contributed by atoms with Crippen LogP contribution in [-0.2, 0) is 0 Å². The summed E-state index contributed by atoms with van der Waals surface area (Å²) >= 11 is 12.3. The van der Waals surface area contributed by atoms with Crippen LogP contribution in [0, 0.1) is 0 Å². The van der Waals surface area contributed by atoms with Gasteiger partial charge >= 0.3 is 0 Å². The Morgan fingerprint density at radius 2 is 1.79 bits per heavy atom. The van der Waals surface area contributed by atoms with Gasteiger partial charge in [-0.2, -0.15) is 0 Å². The van der Waals surface area contributed by atoms with Crippen LogP contribution in [0.2, 0.25) is 10.0 Å². The molecule has 6 heteroatoms. The molecule has 3 rings (SSSR count). The van der Waals surface area contributed by atoms with Crippen LogP contribution in [0.1, 0.15) is 0 Å². The molecule has 2 aromatic heterocycles. The number of aromatic amines is 1. The van der Waals surface area contributed by atoms with Crippen molar-refractivity contribution in [3.8, 4) is 11.4 Å². The monoisotopic (exact) mass is 292 g/mol. The SMILES string of the molecule is CNc1ccc2[nH]c(-c3c(Cl)cccc3Cl)nc2n1. The van der Waals surface area contributed by atoms with Gasteiger partial charge in [0.2, 0.25) is 0 Å². The summed E-state index contributed by atoms with van der Waals surface area (Å²) in [6.07, 6.45) is 0. The number of hydrogen-bond acceptors (Lipinski definition) is 3. The maximum atomic E-state index is 6.17. The van der Waals surface area contributed by atoms with E-state index in [0.717, 1.165) is 11.3 Å². The molecule has 0 spiro atoms. The summed E-state index contributed by atoms with van der Waals surface area (Å²) < 4.78 is 0. The van der Waals surface area contributed by atoms with Gasteiger partial charge in [0.15, 0.2) is 5.65 Å². The van der Waals surface area contributed by atoms with E-state index in [1.54, 1.807) is 18.2 Å². The lowest BCUT2D eigenvalue weighted by Gasteiger charge is -2.02. The number of nitrogens with zero attached hydrogens (tertiary/aromatic N) is 2. The summed E-state index contributed by atoms with van der Waals surface area (Å²) in [6, 6.07) is 9.15. The molecule has 0 radical (unpaired) electrons. The Morgan fingerprint density at radius 3 is 2.47 bits per heavy atom. The summed E-state index contributed by atoms with van der Waals surface area (Å²) in [5.41, 5.74) is 2.15. The van der Waals surface area contributed by atoms with Gasteiger partial charge in [0, 0.05) is 7.05 Å². The van der Waals surface area contributed by atoms with Crippen LogP contribution in [0.25, 0.3) is 22.6 Å². The van der Waals surface area contributed by atoms with Crippen molar-refractivity contribution in [2.75, 3.05) is 12.4 Å². The van der Waals surface area contributed by atoms with Gasteiger partial charge in [0.05, 0.1) is 21.1 Å². The zero-order valence-corrected chi connectivity index (χ0v) is 11.5. The lowest BCUT2D eigenvalue weighted by atomic mass is 10.2. The van der Waals surface area contributed by atoms with Gasteiger partial charge < -0.3 is 10.3 Å². The molecule has 0 saturated carbocycles. The average molecular weight is 293 g/mol. The molecule has 2 heterocycles. The summed E-state index contributed by atoms with van der Waals surface area (Å²) in [7, 11) is 1.81. The van der Waals surface area contributed by atoms with Gasteiger partial charge in [-0.05, 0) is 24.3 Å². The number of anilines is 1. The van der Waals surface area contributed by atoms with E-state index < -0.39 is 0 Å². The van der Waals surface area contributed by atoms with Crippen molar-refractivity contribution in [3.05, 3.63) is 40.4 Å². The first-order valence-electron chi connectivity index (χ1n) is 5.68. The summed E-state index contributed by atoms with van der Waals surface area (Å²) in [5, 5.41) is 4.09. The highest BCUT2D eigenvalue weighted by Crippen LogP contribution is 2.33. The minimum absolute atomic E-state index is 0.556. The Bertz CT molecular complexity index is 731. The van der Waals surface area contributed by atoms with Gasteiger partial charge in [-0.3, -0.25) is 0 Å². The number of aromatic nitrogens is 3. The Kier molecular flexibility index (Phi) is 3.05. The van der Waals surface area contributed by atoms with Crippen molar-refractivity contribution in [1.82, 2.24) is 15.0 Å². The van der Waals surface area contributed by atoms with Crippen molar-refractivity contribution in [2.45, 2.75) is 0 Å². The molecule has 0 unspecified atom stereocenters. The second-order valence-electron chi connectivity index (χ2n) is 4.00. The molecule has 0 bridgehead atoms. The molecule has 1 aromatic carbocycles. The van der Waals surface area contributed by atoms with Crippen molar-refractivity contribution in [1.29, 1.82) is 0 Å². The average Bonchev–Trinajstić information content (AvgIpc) is 2.80. The van der Waals surface area contributed by atoms with Crippen molar-refractivity contribution < 1.29 is 0 Å². The zero-order chi connectivity index (χ0) is 13.4. The molecule has 0 aliphatic rings. The first-order chi connectivity index (χ1) is 9.19. The summed E-state index contributed by atoms with van der Waals surface area (Å²) in [4.78, 5) is 12.0. The van der Waals surface area contributed by atoms with Gasteiger partial charge in [-0.1, -0.05) is 29.3 Å². The van der Waals surface area contributed by atoms with Crippen LogP contribution in [0.15, 0.2) is 30.3 Å². The molecule has 4 nitrogen and oxygen atoms in total. The molecule has 19 heavy (non-hydrogen) atoms. The number of nitrogens with one attached hydrogen (secondary N) is 2. The fourth-order valence-electron chi connectivity index (χ4n) is 1.87. The maximum Gasteiger partial charge on any atom is 0.180 e. The second kappa shape index (κ2) is 4.72. The highest BCUT2D eigenvalue weighted by atomic mass is 35.5. The number of hydrogen-bond donors (Lipinski definition) is 2. The van der Waals surface area contributed by atoms with E-state index >= 15 is 0 Å². The summed E-state index contributed by atoms with van der Waals surface area (Å²) in [5.74, 6) is 1.38. The minimum atomic E-state index is 0.556. The number of benzene rings is 1. The standard InChI is InChI=1S/C13H10Cl2N4/c1-16-10-6-5-9-12(18-10)19-13(17-9)11-7(14)3-2-4-8(11)15/h2-6H,1H3,(H2,16,17,18,19). The highest BCUT2D eigenvalue weighted by molar-refractivity contribution is 6.39. The largest absolute Gasteiger partial charge is 0.373 e. The van der Waals surface area contributed by atoms with Gasteiger partial charge in [0.25, 0.3) is 0 Å². The molecule has 96 valence electrons. The number of fused-ring (bicyclic) bond motifs is 1. The molecule has 0 aliphatic heterocycles. The second-order valence-corrected chi connectivity index (χ2v) is 4.81. The molecule has 3 aromatic rings. The van der Waals surface area contributed by atoms with E-state index in [1.165, 1.54) is 0 Å². The van der Waals surface area contributed by atoms with Crippen molar-refractivity contribution in [2.24, 2.45) is 0 Å². The predicted octanol–water partition coefficient (Wildman–Crippen LogP) is 3.97. The number of H-pyrrole nitrogens is 1. The van der Waals surface area contributed by atoms with Crippen LogP contribution in [0.4, 0.5) is 5.82 Å². The minimum Gasteiger partial charge on any atom is -0.373 e. The Labute approximate surface area is 119 Å². The molecule has 0 aliphatic carbocycles. The van der Waals surface area contributed by atoms with E-state index in [-0.39, 0.29) is 0 Å². The number of imidazole rings is 1. The van der Waals surface area contributed by atoms with Crippen LogP contribution in [0.5, 0.6) is 0 Å².